The number of benzene rings is 2. The van der Waals surface area contributed by atoms with Crippen LogP contribution in [0.25, 0.3) is 0 Å². The maximum Gasteiger partial charge on any atom is 0.126 e. The third-order valence-electron chi connectivity index (χ3n) is 7.56. The molecule has 200 valence electrons. The lowest BCUT2D eigenvalue weighted by Gasteiger charge is -2.46. The van der Waals surface area contributed by atoms with Crippen molar-refractivity contribution in [1.82, 2.24) is 0 Å². The van der Waals surface area contributed by atoms with Crippen LogP contribution in [0.1, 0.15) is 57.9 Å². The largest absolute Gasteiger partial charge is 0.394 e. The van der Waals surface area contributed by atoms with Crippen molar-refractivity contribution in [2.24, 2.45) is 0 Å². The van der Waals surface area contributed by atoms with E-state index in [2.05, 4.69) is 0 Å². The number of aliphatic hydroxyl groups is 6. The highest BCUT2D eigenvalue weighted by atomic mass is 16.4. The Labute approximate surface area is 215 Å². The molecule has 6 nitrogen and oxygen atoms in total. The van der Waals surface area contributed by atoms with Crippen molar-refractivity contribution in [1.29, 1.82) is 0 Å². The number of hydrogen-bond acceptors (Lipinski definition) is 6. The molecule has 0 heterocycles. The number of allylic oxidation sites excluding steroid dienone is 1. The van der Waals surface area contributed by atoms with E-state index in [1.54, 1.807) is 19.1 Å². The zero-order valence-electron chi connectivity index (χ0n) is 22.7. The van der Waals surface area contributed by atoms with Gasteiger partial charge in [0.15, 0.2) is 0 Å². The number of rotatable bonds is 11. The van der Waals surface area contributed by atoms with E-state index in [1.165, 1.54) is 0 Å². The normalized spacial score (nSPS) is 18.0. The van der Waals surface area contributed by atoms with E-state index in [9.17, 15) is 30.6 Å². The van der Waals surface area contributed by atoms with Gasteiger partial charge in [-0.3, -0.25) is 0 Å². The monoisotopic (exact) mass is 500 g/mol. The molecule has 0 spiro atoms. The first kappa shape index (κ1) is 30.2. The molecule has 6 N–H and O–H groups in total. The summed E-state index contributed by atoms with van der Waals surface area (Å²) in [5.74, 6) is 0. The average molecular weight is 501 g/mol. The summed E-state index contributed by atoms with van der Waals surface area (Å²) in [5, 5.41) is 66.6. The van der Waals surface area contributed by atoms with Crippen LogP contribution in [0, 0.1) is 41.5 Å². The van der Waals surface area contributed by atoms with Crippen LogP contribution in [0.15, 0.2) is 36.4 Å². The Morgan fingerprint density at radius 2 is 1.25 bits per heavy atom. The number of aryl methyl sites for hydroxylation is 4. The molecule has 36 heavy (non-hydrogen) atoms. The van der Waals surface area contributed by atoms with E-state index >= 15 is 0 Å². The highest BCUT2D eigenvalue weighted by Crippen LogP contribution is 2.36. The summed E-state index contributed by atoms with van der Waals surface area (Å²) in [6.45, 7) is 12.6. The number of hydrogen-bond donors (Lipinski definition) is 6. The maximum absolute atomic E-state index is 11.9. The fourth-order valence-electron chi connectivity index (χ4n) is 5.12. The van der Waals surface area contributed by atoms with Crippen molar-refractivity contribution in [3.63, 3.8) is 0 Å². The first-order valence-electron chi connectivity index (χ1n) is 12.5. The molecule has 2 aromatic rings. The Kier molecular flexibility index (Phi) is 10.0. The highest BCUT2D eigenvalue weighted by molar-refractivity contribution is 5.40. The van der Waals surface area contributed by atoms with Crippen molar-refractivity contribution in [3.05, 3.63) is 80.9 Å². The van der Waals surface area contributed by atoms with Crippen LogP contribution < -0.4 is 0 Å². The van der Waals surface area contributed by atoms with Crippen molar-refractivity contribution in [3.8, 4) is 0 Å². The molecule has 0 fully saturated rings. The zero-order chi connectivity index (χ0) is 27.4. The molecular formula is C30H44O6. The standard InChI is InChI=1S/C30H44O6/c1-8-9-10-29(35,15-24-13-18(2)11-20(4)22(24)6)28(34)30(36,27(33)26(32)17-31)16-25-14-19(3)12-21(5)23(25)7/h8-9,11-14,26-28,31-36H,10,15-17H2,1-7H3/b9-8+/t26-,27+,28+,29?,30+/m0/s1. The van der Waals surface area contributed by atoms with Gasteiger partial charge in [0.1, 0.15) is 29.5 Å². The SMILES string of the molecule is C/C=C/CC(O)(Cc1cc(C)cc(C)c1C)[C@@H](O)[C@@](O)(Cc1cc(C)cc(C)c1C)[C@H](O)[C@@H](O)CO. The molecule has 0 aliphatic heterocycles. The predicted molar refractivity (Wildman–Crippen MR) is 143 cm³/mol. The van der Waals surface area contributed by atoms with Crippen LogP contribution in [0.4, 0.5) is 0 Å². The molecule has 0 saturated carbocycles. The molecule has 2 aromatic carbocycles. The summed E-state index contributed by atoms with van der Waals surface area (Å²) in [7, 11) is 0. The van der Waals surface area contributed by atoms with Gasteiger partial charge in [-0.25, -0.2) is 0 Å². The first-order chi connectivity index (χ1) is 16.7. The van der Waals surface area contributed by atoms with E-state index in [4.69, 9.17) is 0 Å². The zero-order valence-corrected chi connectivity index (χ0v) is 22.7. The molecule has 0 aromatic heterocycles. The van der Waals surface area contributed by atoms with Gasteiger partial charge in [-0.05, 0) is 88.3 Å². The summed E-state index contributed by atoms with van der Waals surface area (Å²) in [6, 6.07) is 7.85. The Hall–Kier alpha value is -2.06. The van der Waals surface area contributed by atoms with Crippen molar-refractivity contribution in [2.75, 3.05) is 6.61 Å². The maximum atomic E-state index is 11.9. The Balaban J connectivity index is 2.68. The first-order valence-corrected chi connectivity index (χ1v) is 12.5. The van der Waals surface area contributed by atoms with Crippen LogP contribution in [-0.2, 0) is 12.8 Å². The molecule has 5 atom stereocenters. The molecule has 6 heteroatoms. The Bertz CT molecular complexity index is 1080. The third kappa shape index (κ3) is 6.43. The predicted octanol–water partition coefficient (Wildman–Crippen LogP) is 2.83. The van der Waals surface area contributed by atoms with Gasteiger partial charge in [0.25, 0.3) is 0 Å². The third-order valence-corrected chi connectivity index (χ3v) is 7.56. The molecule has 0 bridgehead atoms. The van der Waals surface area contributed by atoms with Gasteiger partial charge in [0.2, 0.25) is 0 Å². The summed E-state index contributed by atoms with van der Waals surface area (Å²) in [4.78, 5) is 0. The van der Waals surface area contributed by atoms with Gasteiger partial charge >= 0.3 is 0 Å². The van der Waals surface area contributed by atoms with Gasteiger partial charge in [-0.1, -0.05) is 47.5 Å². The van der Waals surface area contributed by atoms with E-state index in [1.807, 2.05) is 65.8 Å². The molecule has 0 amide bonds. The highest BCUT2D eigenvalue weighted by Gasteiger charge is 2.54. The lowest BCUT2D eigenvalue weighted by Crippen LogP contribution is -2.66. The fraction of sp³-hybridized carbons (Fsp3) is 0.533. The molecule has 1 unspecified atom stereocenters. The van der Waals surface area contributed by atoms with E-state index < -0.39 is 36.1 Å². The van der Waals surface area contributed by atoms with Gasteiger partial charge in [0, 0.05) is 12.8 Å². The average Bonchev–Trinajstić information content (AvgIpc) is 2.82. The van der Waals surface area contributed by atoms with E-state index in [0.29, 0.717) is 5.56 Å². The molecule has 0 radical (unpaired) electrons. The minimum Gasteiger partial charge on any atom is -0.394 e. The van der Waals surface area contributed by atoms with Crippen molar-refractivity contribution in [2.45, 2.75) is 97.2 Å². The van der Waals surface area contributed by atoms with Crippen LogP contribution in [0.5, 0.6) is 0 Å². The van der Waals surface area contributed by atoms with E-state index in [-0.39, 0.29) is 19.3 Å². The van der Waals surface area contributed by atoms with Crippen molar-refractivity contribution >= 4 is 0 Å². The molecule has 0 aliphatic rings. The molecule has 2 rings (SSSR count). The number of aliphatic hydroxyl groups excluding tert-OH is 4. The van der Waals surface area contributed by atoms with Gasteiger partial charge in [-0.15, -0.1) is 0 Å². The topological polar surface area (TPSA) is 121 Å². The second-order valence-electron chi connectivity index (χ2n) is 10.6. The van der Waals surface area contributed by atoms with E-state index in [0.717, 1.165) is 38.9 Å². The molecule has 0 saturated heterocycles. The molecular weight excluding hydrogens is 456 g/mol. The van der Waals surface area contributed by atoms with Crippen LogP contribution >= 0.6 is 0 Å². The van der Waals surface area contributed by atoms with Crippen molar-refractivity contribution < 1.29 is 30.6 Å². The minimum atomic E-state index is -2.36. The fourth-order valence-corrected chi connectivity index (χ4v) is 5.12. The summed E-state index contributed by atoms with van der Waals surface area (Å²) in [5.41, 5.74) is 3.07. The smallest absolute Gasteiger partial charge is 0.126 e. The minimum absolute atomic E-state index is 0.00712. The Morgan fingerprint density at radius 3 is 1.69 bits per heavy atom. The van der Waals surface area contributed by atoms with Crippen LogP contribution in [0.2, 0.25) is 0 Å². The van der Waals surface area contributed by atoms with Gasteiger partial charge in [0.05, 0.1) is 6.61 Å². The lowest BCUT2D eigenvalue weighted by atomic mass is 9.71. The summed E-state index contributed by atoms with van der Waals surface area (Å²) >= 11 is 0. The second kappa shape index (κ2) is 12.0. The van der Waals surface area contributed by atoms with Gasteiger partial charge < -0.3 is 30.6 Å². The van der Waals surface area contributed by atoms with Crippen LogP contribution in [-0.4, -0.2) is 66.8 Å². The van der Waals surface area contributed by atoms with Crippen LogP contribution in [0.3, 0.4) is 0 Å². The Morgan fingerprint density at radius 1 is 0.778 bits per heavy atom. The summed E-state index contributed by atoms with van der Waals surface area (Å²) < 4.78 is 0. The molecule has 0 aliphatic carbocycles. The van der Waals surface area contributed by atoms with Gasteiger partial charge in [-0.2, -0.15) is 0 Å². The summed E-state index contributed by atoms with van der Waals surface area (Å²) in [6.07, 6.45) is -2.25. The lowest BCUT2D eigenvalue weighted by molar-refractivity contribution is -0.228. The quantitative estimate of drug-likeness (QED) is 0.264. The second-order valence-corrected chi connectivity index (χ2v) is 10.6.